The standard InChI is InChI=1S/C30H34O5.C2H4OS.11H2/c1-3-5-7-9-11-13-15-17-18-20-22-24-29(32)34-27-28(26-31)35-30(33)25-23-21-19-16-14-12-10-8-6-4-2;1-2(3)4;;;;;;;;;;;/h28,31H,4,6,8,10,12,14,16,19,21,23,25-27H2,1-2H3;1H3,(H,3,4);11*1H/t28-;;;;;;;;;;;;/m0............/s1. The predicted octanol–water partition coefficient (Wildman–Crippen LogP) is 6.95. The topological polar surface area (TPSA) is 89.9 Å². The zero-order valence-corrected chi connectivity index (χ0v) is 24.1. The van der Waals surface area contributed by atoms with Gasteiger partial charge in [-0.1, -0.05) is 70.6 Å². The number of carbonyl (C=O) groups excluding carboxylic acids is 3. The Balaban J connectivity index is -0.0000000784. The van der Waals surface area contributed by atoms with E-state index in [1.54, 1.807) is 6.92 Å². The van der Waals surface area contributed by atoms with Gasteiger partial charge in [-0.15, -0.1) is 12.6 Å². The lowest BCUT2D eigenvalue weighted by atomic mass is 10.1. The summed E-state index contributed by atoms with van der Waals surface area (Å²) in [4.78, 5) is 32.8. The monoisotopic (exact) mass is 572 g/mol. The van der Waals surface area contributed by atoms with Gasteiger partial charge in [-0.3, -0.25) is 9.59 Å². The van der Waals surface area contributed by atoms with E-state index in [-0.39, 0.29) is 33.8 Å². The minimum Gasteiger partial charge on any atom is -0.456 e. The van der Waals surface area contributed by atoms with E-state index < -0.39 is 24.6 Å². The van der Waals surface area contributed by atoms with E-state index in [0.29, 0.717) is 0 Å². The van der Waals surface area contributed by atoms with Gasteiger partial charge in [0.05, 0.1) is 6.61 Å². The van der Waals surface area contributed by atoms with Gasteiger partial charge in [0, 0.05) is 35.0 Å². The van der Waals surface area contributed by atoms with Crippen molar-refractivity contribution in [2.75, 3.05) is 13.2 Å². The van der Waals surface area contributed by atoms with Crippen molar-refractivity contribution in [3.05, 3.63) is 0 Å². The maximum Gasteiger partial charge on any atom is 0.385 e. The molecule has 0 heterocycles. The van der Waals surface area contributed by atoms with Crippen LogP contribution in [0.5, 0.6) is 0 Å². The number of thiol groups is 1. The van der Waals surface area contributed by atoms with Crippen molar-refractivity contribution in [1.29, 1.82) is 0 Å². The van der Waals surface area contributed by atoms with Crippen molar-refractivity contribution in [1.82, 2.24) is 0 Å². The molecule has 1 atom stereocenters. The normalized spacial score (nSPS) is 8.95. The van der Waals surface area contributed by atoms with Crippen molar-refractivity contribution in [2.45, 2.75) is 97.5 Å². The van der Waals surface area contributed by atoms with Crippen molar-refractivity contribution in [3.8, 4) is 71.0 Å². The highest BCUT2D eigenvalue weighted by Crippen LogP contribution is 2.11. The first-order chi connectivity index (χ1) is 18.9. The molecule has 0 spiro atoms. The van der Waals surface area contributed by atoms with Gasteiger partial charge in [-0.05, 0) is 72.5 Å². The van der Waals surface area contributed by atoms with Crippen LogP contribution in [0.15, 0.2) is 0 Å². The van der Waals surface area contributed by atoms with Gasteiger partial charge in [0.25, 0.3) is 0 Å². The Morgan fingerprint density at radius 1 is 0.769 bits per heavy atom. The van der Waals surface area contributed by atoms with Crippen LogP contribution in [0.1, 0.15) is 107 Å². The van der Waals surface area contributed by atoms with Gasteiger partial charge >= 0.3 is 11.9 Å². The molecule has 0 aliphatic rings. The number of aliphatic hydroxyl groups is 1. The predicted molar refractivity (Wildman–Crippen MR) is 180 cm³/mol. The van der Waals surface area contributed by atoms with Gasteiger partial charge in [0.1, 0.15) is 6.61 Å². The number of hydrogen-bond acceptors (Lipinski definition) is 6. The van der Waals surface area contributed by atoms with Crippen LogP contribution in [0.25, 0.3) is 0 Å². The smallest absolute Gasteiger partial charge is 0.385 e. The molecule has 0 fully saturated rings. The molecule has 0 aliphatic carbocycles. The SMILES string of the molecule is CC#CC#CC#CC#CC#CC#CC(=O)OC[C@H](CO)OC(=O)CCCCCCCCCCCC.CC(=O)S.[HH].[HH].[HH].[HH].[HH].[HH].[HH].[HH].[HH].[HH].[HH]. The fourth-order valence-corrected chi connectivity index (χ4v) is 2.73. The summed E-state index contributed by atoms with van der Waals surface area (Å²) in [5, 5.41) is 9.20. The Kier molecular flexibility index (Phi) is 29.3. The van der Waals surface area contributed by atoms with Crippen molar-refractivity contribution in [3.63, 3.8) is 0 Å². The molecule has 0 bridgehead atoms. The number of esters is 2. The van der Waals surface area contributed by atoms with Gasteiger partial charge < -0.3 is 14.6 Å². The molecular formula is C32H60O6S. The van der Waals surface area contributed by atoms with E-state index in [9.17, 15) is 19.5 Å². The molecule has 0 aromatic heterocycles. The molecule has 230 valence electrons. The molecular weight excluding hydrogens is 512 g/mol. The van der Waals surface area contributed by atoms with Crippen LogP contribution in [0.2, 0.25) is 0 Å². The average Bonchev–Trinajstić information content (AvgIpc) is 2.90. The van der Waals surface area contributed by atoms with E-state index in [0.717, 1.165) is 19.3 Å². The lowest BCUT2D eigenvalue weighted by Gasteiger charge is -2.14. The third-order valence-electron chi connectivity index (χ3n) is 4.49. The Hall–Kier alpha value is -3.72. The number of unbranched alkanes of at least 4 members (excludes halogenated alkanes) is 9. The summed E-state index contributed by atoms with van der Waals surface area (Å²) >= 11 is 3.33. The number of hydrogen-bond donors (Lipinski definition) is 2. The molecule has 0 aromatic carbocycles. The molecule has 0 saturated heterocycles. The van der Waals surface area contributed by atoms with E-state index >= 15 is 0 Å². The molecule has 0 aliphatic heterocycles. The maximum absolute atomic E-state index is 11.9. The van der Waals surface area contributed by atoms with Crippen LogP contribution >= 0.6 is 12.6 Å². The first kappa shape index (κ1) is 37.4. The minimum absolute atomic E-state index is 0. The fourth-order valence-electron chi connectivity index (χ4n) is 2.73. The molecule has 0 radical (unpaired) electrons. The molecule has 7 heteroatoms. The highest BCUT2D eigenvalue weighted by molar-refractivity contribution is 7.96. The van der Waals surface area contributed by atoms with Gasteiger partial charge in [0.15, 0.2) is 11.2 Å². The van der Waals surface area contributed by atoms with E-state index in [1.807, 2.05) is 0 Å². The Labute approximate surface area is 256 Å². The molecule has 0 amide bonds. The third kappa shape index (κ3) is 34.3. The van der Waals surface area contributed by atoms with Crippen molar-refractivity contribution >= 4 is 29.7 Å². The molecule has 0 aromatic rings. The lowest BCUT2D eigenvalue weighted by molar-refractivity contribution is -0.159. The highest BCUT2D eigenvalue weighted by atomic mass is 32.1. The first-order valence-corrected chi connectivity index (χ1v) is 13.4. The summed E-state index contributed by atoms with van der Waals surface area (Å²) in [5.41, 5.74) is 0. The summed E-state index contributed by atoms with van der Waals surface area (Å²) in [5.74, 6) is 28.0. The number of ether oxygens (including phenoxy) is 2. The largest absolute Gasteiger partial charge is 0.456 e. The lowest BCUT2D eigenvalue weighted by Crippen LogP contribution is -2.28. The molecule has 1 N–H and O–H groups in total. The van der Waals surface area contributed by atoms with Crippen LogP contribution in [0, 0.1) is 71.0 Å². The second kappa shape index (κ2) is 30.5. The number of rotatable bonds is 15. The summed E-state index contributed by atoms with van der Waals surface area (Å²) in [6, 6.07) is 0. The number of aliphatic hydroxyl groups excluding tert-OH is 1. The van der Waals surface area contributed by atoms with Crippen molar-refractivity contribution < 1.29 is 44.7 Å². The molecule has 39 heavy (non-hydrogen) atoms. The Bertz CT molecular complexity index is 1140. The van der Waals surface area contributed by atoms with Crippen LogP contribution in [-0.4, -0.2) is 41.5 Å². The second-order valence-electron chi connectivity index (χ2n) is 7.97. The van der Waals surface area contributed by atoms with E-state index in [2.05, 4.69) is 90.6 Å². The van der Waals surface area contributed by atoms with Crippen LogP contribution in [0.4, 0.5) is 0 Å². The van der Waals surface area contributed by atoms with Gasteiger partial charge in [-0.2, -0.15) is 0 Å². The Morgan fingerprint density at radius 3 is 1.67 bits per heavy atom. The summed E-state index contributed by atoms with van der Waals surface area (Å²) in [6.07, 6.45) is 11.1. The average molecular weight is 573 g/mol. The zero-order valence-electron chi connectivity index (χ0n) is 23.2. The first-order valence-electron chi connectivity index (χ1n) is 13.0. The molecule has 0 rings (SSSR count). The minimum atomic E-state index is -0.918. The summed E-state index contributed by atoms with van der Waals surface area (Å²) in [6.45, 7) is 4.56. The summed E-state index contributed by atoms with van der Waals surface area (Å²) < 4.78 is 10.0. The van der Waals surface area contributed by atoms with Gasteiger partial charge in [-0.25, -0.2) is 4.79 Å². The van der Waals surface area contributed by atoms with E-state index in [4.69, 9.17) is 9.47 Å². The zero-order chi connectivity index (χ0) is 29.4. The third-order valence-corrected chi connectivity index (χ3v) is 4.49. The summed E-state index contributed by atoms with van der Waals surface area (Å²) in [7, 11) is 0. The fraction of sp³-hybridized carbons (Fsp3) is 0.531. The second-order valence-corrected chi connectivity index (χ2v) is 8.60. The quantitative estimate of drug-likeness (QED) is 0.0725. The number of carbonyl (C=O) groups is 3. The molecule has 0 saturated carbocycles. The van der Waals surface area contributed by atoms with Gasteiger partial charge in [0.2, 0.25) is 0 Å². The van der Waals surface area contributed by atoms with Crippen molar-refractivity contribution in [2.24, 2.45) is 0 Å². The van der Waals surface area contributed by atoms with Crippen LogP contribution in [0.3, 0.4) is 0 Å². The maximum atomic E-state index is 11.9. The Morgan fingerprint density at radius 2 is 1.21 bits per heavy atom. The molecule has 6 nitrogen and oxygen atoms in total. The van der Waals surface area contributed by atoms with E-state index in [1.165, 1.54) is 51.9 Å². The van der Waals surface area contributed by atoms with Crippen LogP contribution < -0.4 is 0 Å². The van der Waals surface area contributed by atoms with Crippen LogP contribution in [-0.2, 0) is 23.9 Å². The highest BCUT2D eigenvalue weighted by Gasteiger charge is 2.15. The molecule has 0 unspecified atom stereocenters.